The van der Waals surface area contributed by atoms with Crippen molar-refractivity contribution in [2.75, 3.05) is 30.4 Å². The molecule has 0 saturated carbocycles. The van der Waals surface area contributed by atoms with Crippen LogP contribution < -0.4 is 15.4 Å². The minimum absolute atomic E-state index is 0.151. The van der Waals surface area contributed by atoms with Gasteiger partial charge in [-0.1, -0.05) is 41.2 Å². The van der Waals surface area contributed by atoms with Crippen molar-refractivity contribution in [3.8, 4) is 0 Å². The molecular weight excluding hydrogens is 452 g/mol. The van der Waals surface area contributed by atoms with Gasteiger partial charge in [0, 0.05) is 13.1 Å². The first-order valence-electron chi connectivity index (χ1n) is 9.84. The van der Waals surface area contributed by atoms with Crippen LogP contribution in [-0.4, -0.2) is 50.4 Å². The maximum Gasteiger partial charge on any atom is 0.241 e. The van der Waals surface area contributed by atoms with Crippen molar-refractivity contribution >= 4 is 54.4 Å². The summed E-state index contributed by atoms with van der Waals surface area (Å²) in [4.78, 5) is 17.3. The van der Waals surface area contributed by atoms with Crippen LogP contribution >= 0.6 is 23.1 Å². The molecule has 1 amide bonds. The number of anilines is 1. The van der Waals surface area contributed by atoms with E-state index in [1.54, 1.807) is 47.4 Å². The molecule has 0 spiro atoms. The number of hydrogen-bond acceptors (Lipinski definition) is 7. The van der Waals surface area contributed by atoms with E-state index in [-0.39, 0.29) is 10.8 Å². The third-order valence-electron chi connectivity index (χ3n) is 4.55. The molecule has 31 heavy (non-hydrogen) atoms. The lowest BCUT2D eigenvalue weighted by molar-refractivity contribution is -0.122. The SMILES string of the molecule is CSCCC(NS(=O)(=O)c1ccc(C)cc1)C(=O)NCCNc1nc2ccccc2s1. The first-order valence-corrected chi connectivity index (χ1v) is 13.5. The molecule has 3 N–H and O–H groups in total. The summed E-state index contributed by atoms with van der Waals surface area (Å²) in [6.07, 6.45) is 2.33. The Balaban J connectivity index is 1.55. The minimum Gasteiger partial charge on any atom is -0.360 e. The number of aryl methyl sites for hydroxylation is 1. The molecule has 3 rings (SSSR count). The molecule has 1 unspecified atom stereocenters. The average Bonchev–Trinajstić information content (AvgIpc) is 3.17. The number of nitrogens with one attached hydrogen (secondary N) is 3. The predicted molar refractivity (Wildman–Crippen MR) is 129 cm³/mol. The van der Waals surface area contributed by atoms with Gasteiger partial charge in [-0.25, -0.2) is 13.4 Å². The molecule has 1 heterocycles. The van der Waals surface area contributed by atoms with Crippen LogP contribution in [0.1, 0.15) is 12.0 Å². The van der Waals surface area contributed by atoms with E-state index in [0.717, 1.165) is 20.9 Å². The van der Waals surface area contributed by atoms with Gasteiger partial charge >= 0.3 is 0 Å². The summed E-state index contributed by atoms with van der Waals surface area (Å²) >= 11 is 3.12. The van der Waals surface area contributed by atoms with Crippen LogP contribution in [0.25, 0.3) is 10.2 Å². The highest BCUT2D eigenvalue weighted by Gasteiger charge is 2.25. The Bertz CT molecular complexity index is 1080. The fourth-order valence-corrected chi connectivity index (χ4v) is 5.47. The van der Waals surface area contributed by atoms with Crippen LogP contribution in [0.3, 0.4) is 0 Å². The van der Waals surface area contributed by atoms with E-state index in [4.69, 9.17) is 0 Å². The number of aromatic nitrogens is 1. The van der Waals surface area contributed by atoms with Gasteiger partial charge in [-0.3, -0.25) is 4.79 Å². The second-order valence-corrected chi connectivity index (χ2v) is 10.7. The van der Waals surface area contributed by atoms with E-state index in [0.29, 0.717) is 25.3 Å². The first kappa shape index (κ1) is 23.5. The highest BCUT2D eigenvalue weighted by Crippen LogP contribution is 2.24. The first-order chi connectivity index (χ1) is 14.9. The van der Waals surface area contributed by atoms with E-state index < -0.39 is 16.1 Å². The van der Waals surface area contributed by atoms with Crippen molar-refractivity contribution in [1.82, 2.24) is 15.0 Å². The minimum atomic E-state index is -3.78. The Morgan fingerprint density at radius 2 is 1.87 bits per heavy atom. The fourth-order valence-electron chi connectivity index (χ4n) is 2.88. The number of fused-ring (bicyclic) bond motifs is 1. The van der Waals surface area contributed by atoms with Gasteiger partial charge in [0.05, 0.1) is 15.1 Å². The predicted octanol–water partition coefficient (Wildman–Crippen LogP) is 3.23. The zero-order valence-electron chi connectivity index (χ0n) is 17.4. The summed E-state index contributed by atoms with van der Waals surface area (Å²) in [6.45, 7) is 2.74. The van der Waals surface area contributed by atoms with Crippen LogP contribution in [0, 0.1) is 6.92 Å². The molecule has 3 aromatic rings. The molecule has 0 bridgehead atoms. The number of carbonyl (C=O) groups excluding carboxylic acids is 1. The number of hydrogen-bond donors (Lipinski definition) is 3. The molecule has 1 aromatic heterocycles. The van der Waals surface area contributed by atoms with Gasteiger partial charge in [-0.2, -0.15) is 16.5 Å². The topological polar surface area (TPSA) is 100 Å². The fraction of sp³-hybridized carbons (Fsp3) is 0.333. The number of amides is 1. The van der Waals surface area contributed by atoms with Crippen LogP contribution in [-0.2, 0) is 14.8 Å². The van der Waals surface area contributed by atoms with Gasteiger partial charge < -0.3 is 10.6 Å². The van der Waals surface area contributed by atoms with Gasteiger partial charge in [0.2, 0.25) is 15.9 Å². The summed E-state index contributed by atoms with van der Waals surface area (Å²) in [5.74, 6) is 0.328. The Kier molecular flexibility index (Phi) is 8.30. The number of rotatable bonds is 11. The molecule has 1 atom stereocenters. The van der Waals surface area contributed by atoms with Crippen molar-refractivity contribution in [3.63, 3.8) is 0 Å². The smallest absolute Gasteiger partial charge is 0.241 e. The van der Waals surface area contributed by atoms with Crippen molar-refractivity contribution < 1.29 is 13.2 Å². The zero-order valence-corrected chi connectivity index (χ0v) is 19.9. The highest BCUT2D eigenvalue weighted by atomic mass is 32.2. The molecule has 0 aliphatic rings. The quantitative estimate of drug-likeness (QED) is 0.366. The van der Waals surface area contributed by atoms with E-state index in [2.05, 4.69) is 20.3 Å². The normalized spacial score (nSPS) is 12.6. The van der Waals surface area contributed by atoms with Crippen LogP contribution in [0.2, 0.25) is 0 Å². The summed E-state index contributed by atoms with van der Waals surface area (Å²) in [6, 6.07) is 13.6. The third-order valence-corrected chi connectivity index (χ3v) is 7.68. The number of para-hydroxylation sites is 1. The average molecular weight is 479 g/mol. The van der Waals surface area contributed by atoms with Crippen molar-refractivity contribution in [3.05, 3.63) is 54.1 Å². The summed E-state index contributed by atoms with van der Waals surface area (Å²) in [7, 11) is -3.78. The van der Waals surface area contributed by atoms with Gasteiger partial charge in [0.1, 0.15) is 6.04 Å². The number of sulfonamides is 1. The molecule has 0 saturated heterocycles. The van der Waals surface area contributed by atoms with Crippen molar-refractivity contribution in [1.29, 1.82) is 0 Å². The Labute approximate surface area is 191 Å². The van der Waals surface area contributed by atoms with E-state index in [9.17, 15) is 13.2 Å². The maximum absolute atomic E-state index is 12.7. The van der Waals surface area contributed by atoms with Crippen LogP contribution in [0.15, 0.2) is 53.4 Å². The molecule has 10 heteroatoms. The summed E-state index contributed by atoms with van der Waals surface area (Å²) in [5, 5.41) is 6.81. The van der Waals surface area contributed by atoms with Gasteiger partial charge in [0.15, 0.2) is 5.13 Å². The van der Waals surface area contributed by atoms with E-state index in [1.807, 2.05) is 37.4 Å². The molecule has 2 aromatic carbocycles. The number of benzene rings is 2. The monoisotopic (exact) mass is 478 g/mol. The standard InChI is InChI=1S/C21H26N4O3S3/c1-15-7-9-16(10-8-15)31(27,28)25-18(11-14-29-2)20(26)22-12-13-23-21-24-17-5-3-4-6-19(17)30-21/h3-10,18,25H,11-14H2,1-2H3,(H,22,26)(H,23,24). The molecule has 0 aliphatic carbocycles. The molecule has 166 valence electrons. The number of thioether (sulfide) groups is 1. The molecule has 0 radical (unpaired) electrons. The second-order valence-electron chi connectivity index (χ2n) is 6.97. The van der Waals surface area contributed by atoms with Gasteiger partial charge in [-0.15, -0.1) is 0 Å². The van der Waals surface area contributed by atoms with Crippen molar-refractivity contribution in [2.24, 2.45) is 0 Å². The lowest BCUT2D eigenvalue weighted by Crippen LogP contribution is -2.47. The Hall–Kier alpha value is -2.14. The maximum atomic E-state index is 12.7. The van der Waals surface area contributed by atoms with Crippen LogP contribution in [0.4, 0.5) is 5.13 Å². The number of thiazole rings is 1. The lowest BCUT2D eigenvalue weighted by atomic mass is 10.2. The number of carbonyl (C=O) groups is 1. The third kappa shape index (κ3) is 6.67. The molecule has 0 fully saturated rings. The Morgan fingerprint density at radius 3 is 2.58 bits per heavy atom. The summed E-state index contributed by atoms with van der Waals surface area (Å²) < 4.78 is 29.1. The lowest BCUT2D eigenvalue weighted by Gasteiger charge is -2.18. The second kappa shape index (κ2) is 10.9. The number of nitrogens with zero attached hydrogens (tertiary/aromatic N) is 1. The van der Waals surface area contributed by atoms with Crippen molar-refractivity contribution in [2.45, 2.75) is 24.3 Å². The van der Waals surface area contributed by atoms with Gasteiger partial charge in [0.25, 0.3) is 0 Å². The van der Waals surface area contributed by atoms with E-state index >= 15 is 0 Å². The van der Waals surface area contributed by atoms with E-state index in [1.165, 1.54) is 0 Å². The largest absolute Gasteiger partial charge is 0.360 e. The molecular formula is C21H26N4O3S3. The zero-order chi connectivity index (χ0) is 22.3. The van der Waals surface area contributed by atoms with Crippen LogP contribution in [0.5, 0.6) is 0 Å². The molecule has 0 aliphatic heterocycles. The summed E-state index contributed by atoms with van der Waals surface area (Å²) in [5.41, 5.74) is 1.90. The highest BCUT2D eigenvalue weighted by molar-refractivity contribution is 7.98. The van der Waals surface area contributed by atoms with Gasteiger partial charge in [-0.05, 0) is 49.6 Å². The molecule has 7 nitrogen and oxygen atoms in total. The Morgan fingerprint density at radius 1 is 1.13 bits per heavy atom.